The molecule has 0 saturated carbocycles. The number of aromatic amines is 1. The first-order valence-electron chi connectivity index (χ1n) is 15.7. The summed E-state index contributed by atoms with van der Waals surface area (Å²) in [6.07, 6.45) is 1.88. The van der Waals surface area contributed by atoms with Crippen LogP contribution in [0.4, 0.5) is 5.69 Å². The molecule has 1 amide bonds. The maximum absolute atomic E-state index is 12.7. The molecule has 1 aliphatic heterocycles. The van der Waals surface area contributed by atoms with Gasteiger partial charge in [0.15, 0.2) is 0 Å². The molecule has 1 saturated heterocycles. The molecule has 2 aromatic heterocycles. The number of aromatic nitrogens is 4. The van der Waals surface area contributed by atoms with E-state index in [1.807, 2.05) is 96.4 Å². The number of likely N-dealkylation sites (tertiary alicyclic amines) is 1. The Balaban J connectivity index is 1.10. The zero-order valence-electron chi connectivity index (χ0n) is 26.1. The number of hydrogen-bond donors (Lipinski definition) is 2. The summed E-state index contributed by atoms with van der Waals surface area (Å²) in [6, 6.07) is 32.5. The molecular weight excluding hydrogens is 574 g/mol. The average molecular weight is 612 g/mol. The number of amides is 1. The molecule has 232 valence electrons. The van der Waals surface area contributed by atoms with Crippen LogP contribution in [0.25, 0.3) is 44.6 Å². The minimum Gasteiger partial charge on any atom is -0.325 e. The molecule has 0 atom stereocenters. The molecule has 0 bridgehead atoms. The van der Waals surface area contributed by atoms with Gasteiger partial charge in [0.25, 0.3) is 0 Å². The molecule has 9 heteroatoms. The second-order valence-electron chi connectivity index (χ2n) is 12.3. The van der Waals surface area contributed by atoms with Crippen LogP contribution in [-0.4, -0.2) is 69.0 Å². The van der Waals surface area contributed by atoms with E-state index in [1.54, 1.807) is 0 Å². The Kier molecular flexibility index (Phi) is 8.17. The number of imidazole rings is 1. The number of fused-ring (bicyclic) bond motifs is 2. The van der Waals surface area contributed by atoms with Gasteiger partial charge in [-0.25, -0.2) is 14.8 Å². The fraction of sp³-hybridized carbons (Fsp3) is 0.243. The van der Waals surface area contributed by atoms with Crippen molar-refractivity contribution in [3.05, 3.63) is 113 Å². The Bertz CT molecular complexity index is 2060. The first kappa shape index (κ1) is 29.6. The van der Waals surface area contributed by atoms with Crippen molar-refractivity contribution in [2.75, 3.05) is 39.0 Å². The number of nitrogens with one attached hydrogen (secondary N) is 2. The van der Waals surface area contributed by atoms with E-state index in [-0.39, 0.29) is 17.6 Å². The van der Waals surface area contributed by atoms with E-state index in [2.05, 4.69) is 39.5 Å². The highest BCUT2D eigenvalue weighted by Crippen LogP contribution is 2.32. The van der Waals surface area contributed by atoms with Crippen LogP contribution in [0.2, 0.25) is 0 Å². The number of anilines is 1. The van der Waals surface area contributed by atoms with Crippen molar-refractivity contribution < 1.29 is 4.79 Å². The minimum atomic E-state index is -0.0774. The van der Waals surface area contributed by atoms with Crippen molar-refractivity contribution in [1.82, 2.24) is 29.3 Å². The molecule has 2 N–H and O–H groups in total. The summed E-state index contributed by atoms with van der Waals surface area (Å²) in [5.74, 6) is -0.0774. The number of likely N-dealkylation sites (N-methyl/N-ethyl adjacent to an activating group) is 1. The molecular formula is C37H37N7O2. The molecule has 1 aliphatic rings. The number of nitrogens with zero attached hydrogens (tertiary/aromatic N) is 5. The monoisotopic (exact) mass is 611 g/mol. The van der Waals surface area contributed by atoms with Crippen molar-refractivity contribution in [2.24, 2.45) is 0 Å². The fourth-order valence-electron chi connectivity index (χ4n) is 6.42. The molecule has 7 rings (SSSR count). The number of H-pyrrole nitrogens is 1. The van der Waals surface area contributed by atoms with E-state index in [1.165, 1.54) is 5.56 Å². The van der Waals surface area contributed by atoms with Crippen molar-refractivity contribution in [3.8, 4) is 22.5 Å². The number of rotatable bonds is 8. The second kappa shape index (κ2) is 12.7. The van der Waals surface area contributed by atoms with Crippen LogP contribution in [0, 0.1) is 0 Å². The van der Waals surface area contributed by atoms with Crippen molar-refractivity contribution >= 4 is 33.7 Å². The van der Waals surface area contributed by atoms with Gasteiger partial charge in [-0.15, -0.1) is 0 Å². The lowest BCUT2D eigenvalue weighted by molar-refractivity contribution is -0.116. The van der Waals surface area contributed by atoms with E-state index in [9.17, 15) is 9.59 Å². The van der Waals surface area contributed by atoms with Crippen LogP contribution in [0.1, 0.15) is 24.4 Å². The third-order valence-corrected chi connectivity index (χ3v) is 8.63. The number of piperidine rings is 1. The number of hydrogen-bond acceptors (Lipinski definition) is 6. The Morgan fingerprint density at radius 1 is 0.848 bits per heavy atom. The van der Waals surface area contributed by atoms with Gasteiger partial charge in [0, 0.05) is 42.5 Å². The maximum Gasteiger partial charge on any atom is 0.326 e. The smallest absolute Gasteiger partial charge is 0.325 e. The Hall–Kier alpha value is -5.12. The fourth-order valence-corrected chi connectivity index (χ4v) is 6.42. The second-order valence-corrected chi connectivity index (χ2v) is 12.3. The Labute approximate surface area is 267 Å². The topological polar surface area (TPSA) is 99.1 Å². The lowest BCUT2D eigenvalue weighted by atomic mass is 10.0. The van der Waals surface area contributed by atoms with Crippen LogP contribution in [0.5, 0.6) is 0 Å². The van der Waals surface area contributed by atoms with E-state index in [4.69, 9.17) is 9.97 Å². The van der Waals surface area contributed by atoms with Gasteiger partial charge < -0.3 is 15.2 Å². The number of para-hydroxylation sites is 2. The average Bonchev–Trinajstić information content (AvgIpc) is 3.40. The van der Waals surface area contributed by atoms with Gasteiger partial charge in [-0.1, -0.05) is 66.7 Å². The van der Waals surface area contributed by atoms with Gasteiger partial charge >= 0.3 is 5.69 Å². The highest BCUT2D eigenvalue weighted by Gasteiger charge is 2.24. The van der Waals surface area contributed by atoms with Crippen molar-refractivity contribution in [1.29, 1.82) is 0 Å². The normalized spacial score (nSPS) is 14.3. The van der Waals surface area contributed by atoms with Gasteiger partial charge in [-0.3, -0.25) is 14.3 Å². The number of carbonyl (C=O) groups excluding carboxylic acids is 1. The lowest BCUT2D eigenvalue weighted by Gasteiger charge is -2.32. The van der Waals surface area contributed by atoms with Gasteiger partial charge in [0.05, 0.1) is 40.0 Å². The SMILES string of the molecule is CN(C)CC(=O)Nc1ccc2nc(-c3ccc(CN4CCC(n5c(=O)[nH]c6ccccc65)CC4)cc3)c(-c3ccccc3)nc2c1. The molecule has 46 heavy (non-hydrogen) atoms. The molecule has 4 aromatic carbocycles. The van der Waals surface area contributed by atoms with E-state index < -0.39 is 0 Å². The van der Waals surface area contributed by atoms with Gasteiger partial charge in [-0.2, -0.15) is 0 Å². The third kappa shape index (κ3) is 6.20. The molecule has 0 spiro atoms. The zero-order chi connectivity index (χ0) is 31.6. The summed E-state index contributed by atoms with van der Waals surface area (Å²) in [7, 11) is 3.73. The summed E-state index contributed by atoms with van der Waals surface area (Å²) in [5, 5.41) is 2.96. The van der Waals surface area contributed by atoms with Crippen LogP contribution in [0.15, 0.2) is 102 Å². The van der Waals surface area contributed by atoms with Gasteiger partial charge in [-0.05, 0) is 62.8 Å². The van der Waals surface area contributed by atoms with E-state index in [0.29, 0.717) is 12.2 Å². The molecule has 3 heterocycles. The summed E-state index contributed by atoms with van der Waals surface area (Å²) < 4.78 is 1.94. The van der Waals surface area contributed by atoms with Crippen LogP contribution < -0.4 is 11.0 Å². The maximum atomic E-state index is 12.7. The molecule has 0 unspecified atom stereocenters. The summed E-state index contributed by atoms with van der Waals surface area (Å²) >= 11 is 0. The van der Waals surface area contributed by atoms with Crippen LogP contribution in [0.3, 0.4) is 0 Å². The Morgan fingerprint density at radius 3 is 2.26 bits per heavy atom. The molecule has 9 nitrogen and oxygen atoms in total. The summed E-state index contributed by atoms with van der Waals surface area (Å²) in [6.45, 7) is 3.03. The minimum absolute atomic E-state index is 0.0193. The quantitative estimate of drug-likeness (QED) is 0.221. The first-order valence-corrected chi connectivity index (χ1v) is 15.7. The zero-order valence-corrected chi connectivity index (χ0v) is 26.1. The summed E-state index contributed by atoms with van der Waals surface area (Å²) in [4.78, 5) is 42.5. The largest absolute Gasteiger partial charge is 0.326 e. The third-order valence-electron chi connectivity index (χ3n) is 8.63. The predicted molar refractivity (Wildman–Crippen MR) is 184 cm³/mol. The summed E-state index contributed by atoms with van der Waals surface area (Å²) in [5.41, 5.74) is 8.88. The molecule has 6 aromatic rings. The molecule has 0 aliphatic carbocycles. The first-order chi connectivity index (χ1) is 22.4. The van der Waals surface area contributed by atoms with E-state index in [0.717, 1.165) is 77.1 Å². The van der Waals surface area contributed by atoms with Crippen LogP contribution in [-0.2, 0) is 11.3 Å². The van der Waals surface area contributed by atoms with Crippen LogP contribution >= 0.6 is 0 Å². The lowest BCUT2D eigenvalue weighted by Crippen LogP contribution is -2.36. The number of carbonyl (C=O) groups is 1. The number of benzene rings is 4. The molecule has 0 radical (unpaired) electrons. The standard InChI is InChI=1S/C37H37N7O2/c1-42(2)24-34(45)38-28-16-17-30-32(22-28)40-35(26-8-4-3-5-9-26)36(39-30)27-14-12-25(13-15-27)23-43-20-18-29(19-21-43)44-33-11-7-6-10-31(33)41-37(44)46/h3-17,22,29H,18-21,23-24H2,1-2H3,(H,38,45)(H,41,46). The Morgan fingerprint density at radius 2 is 1.52 bits per heavy atom. The van der Waals surface area contributed by atoms with Crippen molar-refractivity contribution in [2.45, 2.75) is 25.4 Å². The highest BCUT2D eigenvalue weighted by molar-refractivity contribution is 5.95. The van der Waals surface area contributed by atoms with Gasteiger partial charge in [0.2, 0.25) is 5.91 Å². The van der Waals surface area contributed by atoms with E-state index >= 15 is 0 Å². The molecule has 1 fully saturated rings. The van der Waals surface area contributed by atoms with Crippen molar-refractivity contribution in [3.63, 3.8) is 0 Å². The predicted octanol–water partition coefficient (Wildman–Crippen LogP) is 5.94. The highest BCUT2D eigenvalue weighted by atomic mass is 16.2. The van der Waals surface area contributed by atoms with Gasteiger partial charge in [0.1, 0.15) is 0 Å².